The molecule has 1 aliphatic heterocycles. The first-order valence-electron chi connectivity index (χ1n) is 7.95. The van der Waals surface area contributed by atoms with E-state index < -0.39 is 6.04 Å². The lowest BCUT2D eigenvalue weighted by atomic mass is 9.91. The molecule has 4 unspecified atom stereocenters. The number of ether oxygens (including phenoxy) is 1. The van der Waals surface area contributed by atoms with Crippen LogP contribution >= 0.6 is 0 Å². The number of hydrogen-bond donors (Lipinski definition) is 1. The minimum absolute atomic E-state index is 0.0255. The summed E-state index contributed by atoms with van der Waals surface area (Å²) in [6.45, 7) is 10.6. The van der Waals surface area contributed by atoms with E-state index >= 15 is 0 Å². The molecule has 0 aromatic carbocycles. The van der Waals surface area contributed by atoms with E-state index in [4.69, 9.17) is 4.74 Å². The van der Waals surface area contributed by atoms with Gasteiger partial charge in [-0.2, -0.15) is 0 Å². The van der Waals surface area contributed by atoms with Gasteiger partial charge in [-0.3, -0.25) is 9.59 Å². The Morgan fingerprint density at radius 3 is 2.33 bits per heavy atom. The molecule has 5 heteroatoms. The van der Waals surface area contributed by atoms with Crippen LogP contribution in [0.5, 0.6) is 0 Å². The van der Waals surface area contributed by atoms with Gasteiger partial charge < -0.3 is 15.0 Å². The van der Waals surface area contributed by atoms with Crippen molar-refractivity contribution in [3.63, 3.8) is 0 Å². The highest BCUT2D eigenvalue weighted by Gasteiger charge is 2.42. The lowest BCUT2D eigenvalue weighted by Gasteiger charge is -2.42. The van der Waals surface area contributed by atoms with Crippen LogP contribution in [-0.4, -0.2) is 48.6 Å². The first-order valence-corrected chi connectivity index (χ1v) is 7.95. The molecule has 0 bridgehead atoms. The molecule has 1 heterocycles. The van der Waals surface area contributed by atoms with Gasteiger partial charge in [0.15, 0.2) is 0 Å². The Bertz CT molecular complexity index is 371. The van der Waals surface area contributed by atoms with Gasteiger partial charge in [-0.15, -0.1) is 0 Å². The molecular formula is C16H30N2O3. The molecule has 2 amide bonds. The molecule has 21 heavy (non-hydrogen) atoms. The summed E-state index contributed by atoms with van der Waals surface area (Å²) in [6, 6.07) is -0.787. The van der Waals surface area contributed by atoms with Crippen LogP contribution in [0.2, 0.25) is 0 Å². The highest BCUT2D eigenvalue weighted by Crippen LogP contribution is 2.23. The molecule has 0 aliphatic carbocycles. The summed E-state index contributed by atoms with van der Waals surface area (Å²) < 4.78 is 5.29. The van der Waals surface area contributed by atoms with E-state index in [9.17, 15) is 9.59 Å². The molecule has 1 N–H and O–H groups in total. The van der Waals surface area contributed by atoms with Crippen molar-refractivity contribution >= 4 is 11.8 Å². The molecular weight excluding hydrogens is 268 g/mol. The van der Waals surface area contributed by atoms with Gasteiger partial charge >= 0.3 is 0 Å². The van der Waals surface area contributed by atoms with E-state index in [0.29, 0.717) is 18.9 Å². The predicted octanol–water partition coefficient (Wildman–Crippen LogP) is 1.81. The fraction of sp³-hybridized carbons (Fsp3) is 0.875. The van der Waals surface area contributed by atoms with Crippen molar-refractivity contribution in [3.8, 4) is 0 Å². The lowest BCUT2D eigenvalue weighted by Crippen LogP contribution is -2.66. The van der Waals surface area contributed by atoms with Crippen molar-refractivity contribution in [2.45, 2.75) is 65.6 Å². The van der Waals surface area contributed by atoms with Crippen LogP contribution in [-0.2, 0) is 14.3 Å². The van der Waals surface area contributed by atoms with E-state index in [2.05, 4.69) is 19.2 Å². The highest BCUT2D eigenvalue weighted by molar-refractivity contribution is 5.97. The van der Waals surface area contributed by atoms with Crippen LogP contribution in [0, 0.1) is 11.8 Å². The summed E-state index contributed by atoms with van der Waals surface area (Å²) >= 11 is 0. The SMILES string of the molecule is CCC(C)C1C(=O)NC(CC(C)C)C(=O)N1CC(C)OC. The summed E-state index contributed by atoms with van der Waals surface area (Å²) in [4.78, 5) is 26.9. The molecule has 1 rings (SSSR count). The van der Waals surface area contributed by atoms with E-state index in [1.807, 2.05) is 20.8 Å². The van der Waals surface area contributed by atoms with Crippen LogP contribution < -0.4 is 5.32 Å². The number of rotatable bonds is 7. The number of carbonyl (C=O) groups is 2. The smallest absolute Gasteiger partial charge is 0.245 e. The van der Waals surface area contributed by atoms with Crippen molar-refractivity contribution in [3.05, 3.63) is 0 Å². The molecule has 5 nitrogen and oxygen atoms in total. The third-order valence-corrected chi connectivity index (χ3v) is 4.25. The lowest BCUT2D eigenvalue weighted by molar-refractivity contribution is -0.153. The molecule has 0 spiro atoms. The zero-order valence-corrected chi connectivity index (χ0v) is 14.2. The van der Waals surface area contributed by atoms with Crippen LogP contribution in [0.25, 0.3) is 0 Å². The number of hydrogen-bond acceptors (Lipinski definition) is 3. The third kappa shape index (κ3) is 4.43. The zero-order valence-electron chi connectivity index (χ0n) is 14.2. The van der Waals surface area contributed by atoms with Gasteiger partial charge in [0.1, 0.15) is 12.1 Å². The van der Waals surface area contributed by atoms with Gasteiger partial charge in [0, 0.05) is 13.7 Å². The maximum atomic E-state index is 12.7. The van der Waals surface area contributed by atoms with Gasteiger partial charge in [-0.05, 0) is 25.2 Å². The number of amides is 2. The zero-order chi connectivity index (χ0) is 16.2. The van der Waals surface area contributed by atoms with Crippen molar-refractivity contribution in [1.29, 1.82) is 0 Å². The molecule has 122 valence electrons. The normalized spacial score (nSPS) is 26.0. The Hall–Kier alpha value is -1.10. The van der Waals surface area contributed by atoms with Gasteiger partial charge in [0.25, 0.3) is 0 Å². The summed E-state index contributed by atoms with van der Waals surface area (Å²) in [6.07, 6.45) is 1.46. The largest absolute Gasteiger partial charge is 0.380 e. The molecule has 0 saturated carbocycles. The van der Waals surface area contributed by atoms with Crippen LogP contribution in [0.15, 0.2) is 0 Å². The van der Waals surface area contributed by atoms with E-state index in [1.165, 1.54) is 0 Å². The number of carbonyl (C=O) groups excluding carboxylic acids is 2. The van der Waals surface area contributed by atoms with Crippen LogP contribution in [0.3, 0.4) is 0 Å². The van der Waals surface area contributed by atoms with Gasteiger partial charge in [-0.25, -0.2) is 0 Å². The summed E-state index contributed by atoms with van der Waals surface area (Å²) in [5, 5.41) is 2.91. The Morgan fingerprint density at radius 2 is 1.86 bits per heavy atom. The molecule has 1 saturated heterocycles. The second-order valence-electron chi connectivity index (χ2n) is 6.56. The molecule has 0 aromatic heterocycles. The second kappa shape index (κ2) is 7.78. The van der Waals surface area contributed by atoms with Gasteiger partial charge in [0.2, 0.25) is 11.8 Å². The number of methoxy groups -OCH3 is 1. The average molecular weight is 298 g/mol. The summed E-state index contributed by atoms with van der Waals surface area (Å²) in [5.74, 6) is 0.495. The van der Waals surface area contributed by atoms with Gasteiger partial charge in [-0.1, -0.05) is 34.1 Å². The maximum Gasteiger partial charge on any atom is 0.245 e. The van der Waals surface area contributed by atoms with Crippen molar-refractivity contribution in [2.75, 3.05) is 13.7 Å². The number of piperazine rings is 1. The monoisotopic (exact) mass is 298 g/mol. The molecule has 0 aromatic rings. The van der Waals surface area contributed by atoms with Crippen LogP contribution in [0.1, 0.15) is 47.5 Å². The third-order valence-electron chi connectivity index (χ3n) is 4.25. The number of nitrogens with one attached hydrogen (secondary N) is 1. The minimum Gasteiger partial charge on any atom is -0.380 e. The second-order valence-corrected chi connectivity index (χ2v) is 6.56. The first kappa shape index (κ1) is 18.0. The van der Waals surface area contributed by atoms with E-state index in [0.717, 1.165) is 6.42 Å². The number of nitrogens with zero attached hydrogens (tertiary/aromatic N) is 1. The van der Waals surface area contributed by atoms with Crippen molar-refractivity contribution < 1.29 is 14.3 Å². The molecule has 4 atom stereocenters. The summed E-state index contributed by atoms with van der Waals surface area (Å²) in [7, 11) is 1.63. The Kier molecular flexibility index (Phi) is 6.65. The highest BCUT2D eigenvalue weighted by atomic mass is 16.5. The molecule has 0 radical (unpaired) electrons. The van der Waals surface area contributed by atoms with E-state index in [-0.39, 0.29) is 29.9 Å². The maximum absolute atomic E-state index is 12.7. The Balaban J connectivity index is 2.99. The quantitative estimate of drug-likeness (QED) is 0.780. The van der Waals surface area contributed by atoms with E-state index in [1.54, 1.807) is 12.0 Å². The Morgan fingerprint density at radius 1 is 1.24 bits per heavy atom. The average Bonchev–Trinajstić information content (AvgIpc) is 2.42. The Labute approximate surface area is 128 Å². The fourth-order valence-corrected chi connectivity index (χ4v) is 2.77. The first-order chi connectivity index (χ1) is 9.81. The van der Waals surface area contributed by atoms with Crippen LogP contribution in [0.4, 0.5) is 0 Å². The molecule has 1 fully saturated rings. The topological polar surface area (TPSA) is 58.6 Å². The minimum atomic E-state index is -0.401. The van der Waals surface area contributed by atoms with Crippen molar-refractivity contribution in [1.82, 2.24) is 10.2 Å². The predicted molar refractivity (Wildman–Crippen MR) is 82.8 cm³/mol. The fourth-order valence-electron chi connectivity index (χ4n) is 2.77. The van der Waals surface area contributed by atoms with Gasteiger partial charge in [0.05, 0.1) is 6.10 Å². The van der Waals surface area contributed by atoms with Crippen molar-refractivity contribution in [2.24, 2.45) is 11.8 Å². The summed E-state index contributed by atoms with van der Waals surface area (Å²) in [5.41, 5.74) is 0. The molecule has 1 aliphatic rings. The standard InChI is InChI=1S/C16H30N2O3/c1-7-11(4)14-15(19)17-13(8-10(2)3)16(20)18(14)9-12(5)21-6/h10-14H,7-9H2,1-6H3,(H,17,19).